The number of rotatable bonds is 5. The number of hydrogen-bond acceptors (Lipinski definition) is 2. The largest absolute Gasteiger partial charge is 0.508 e. The van der Waals surface area contributed by atoms with Crippen LogP contribution in [0.1, 0.15) is 31.4 Å². The van der Waals surface area contributed by atoms with Crippen molar-refractivity contribution in [3.8, 4) is 11.5 Å². The van der Waals surface area contributed by atoms with Gasteiger partial charge in [0, 0.05) is 16.0 Å². The lowest BCUT2D eigenvalue weighted by Crippen LogP contribution is -2.20. The molecule has 1 N–H and O–H groups in total. The predicted octanol–water partition coefficient (Wildman–Crippen LogP) is 4.48. The summed E-state index contributed by atoms with van der Waals surface area (Å²) in [5, 5.41) is 10.6. The summed E-state index contributed by atoms with van der Waals surface area (Å²) >= 11 is 0. The number of ether oxygens (including phenoxy) is 1. The summed E-state index contributed by atoms with van der Waals surface area (Å²) in [7, 11) is 1.82. The fourth-order valence-corrected chi connectivity index (χ4v) is 3.91. The first-order valence-corrected chi connectivity index (χ1v) is 8.31. The molecule has 0 amide bonds. The highest BCUT2D eigenvalue weighted by Crippen LogP contribution is 2.48. The summed E-state index contributed by atoms with van der Waals surface area (Å²) in [6.45, 7) is 5.99. The summed E-state index contributed by atoms with van der Waals surface area (Å²) in [4.78, 5) is 0. The predicted molar refractivity (Wildman–Crippen MR) is 91.4 cm³/mol. The first kappa shape index (κ1) is 16.8. The third-order valence-electron chi connectivity index (χ3n) is 4.04. The molecule has 2 aromatic carbocycles. The molecular weight excluding hydrogens is 298 g/mol. The maximum Gasteiger partial charge on any atom is 0.130 e. The van der Waals surface area contributed by atoms with E-state index in [4.69, 9.17) is 4.74 Å². The van der Waals surface area contributed by atoms with E-state index in [1.54, 1.807) is 25.3 Å². The highest BCUT2D eigenvalue weighted by molar-refractivity contribution is 7.48. The summed E-state index contributed by atoms with van der Waals surface area (Å²) in [5.74, 6) is 0.743. The number of phenols is 1. The minimum atomic E-state index is -0.339. The Kier molecular flexibility index (Phi) is 5.08. The van der Waals surface area contributed by atoms with Crippen LogP contribution in [0.2, 0.25) is 0 Å². The first-order chi connectivity index (χ1) is 10.4. The first-order valence-electron chi connectivity index (χ1n) is 7.31. The van der Waals surface area contributed by atoms with Gasteiger partial charge in [-0.25, -0.2) is 4.39 Å². The topological polar surface area (TPSA) is 29.5 Å². The SMILES string of the molecule is CCC(C)(Pc1ccc(C)cc1F)c1cc(OC)ccc1O. The Morgan fingerprint density at radius 1 is 1.23 bits per heavy atom. The fraction of sp³-hybridized carbons (Fsp3) is 0.333. The second-order valence-corrected chi connectivity index (χ2v) is 7.57. The van der Waals surface area contributed by atoms with Crippen molar-refractivity contribution in [3.63, 3.8) is 0 Å². The molecule has 0 bridgehead atoms. The van der Waals surface area contributed by atoms with Crippen LogP contribution in [0, 0.1) is 12.7 Å². The maximum atomic E-state index is 14.2. The second kappa shape index (κ2) is 6.66. The monoisotopic (exact) mass is 320 g/mol. The van der Waals surface area contributed by atoms with Gasteiger partial charge in [-0.05, 0) is 43.2 Å². The van der Waals surface area contributed by atoms with Gasteiger partial charge in [0.25, 0.3) is 0 Å². The van der Waals surface area contributed by atoms with Gasteiger partial charge in [0.2, 0.25) is 0 Å². The highest BCUT2D eigenvalue weighted by atomic mass is 31.1. The number of aryl methyl sites for hydroxylation is 1. The van der Waals surface area contributed by atoms with Crippen LogP contribution in [-0.4, -0.2) is 12.2 Å². The number of phenolic OH excluding ortho intramolecular Hbond substituents is 1. The standard InChI is InChI=1S/C18H22FO2P/c1-5-18(3,14-11-13(21-4)7-8-16(14)20)22-17-9-6-12(2)10-15(17)19/h6-11,20,22H,5H2,1-4H3. The molecule has 2 aromatic rings. The number of hydrogen-bond donors (Lipinski definition) is 1. The Labute approximate surface area is 133 Å². The Hall–Kier alpha value is -1.60. The molecule has 0 radical (unpaired) electrons. The molecule has 0 fully saturated rings. The average Bonchev–Trinajstić information content (AvgIpc) is 2.50. The molecule has 0 saturated carbocycles. The molecule has 2 unspecified atom stereocenters. The highest BCUT2D eigenvalue weighted by Gasteiger charge is 2.29. The van der Waals surface area contributed by atoms with E-state index in [2.05, 4.69) is 13.8 Å². The summed E-state index contributed by atoms with van der Waals surface area (Å²) in [5.41, 5.74) is 1.71. The van der Waals surface area contributed by atoms with Gasteiger partial charge in [-0.15, -0.1) is 0 Å². The van der Waals surface area contributed by atoms with E-state index in [-0.39, 0.29) is 25.3 Å². The minimum Gasteiger partial charge on any atom is -0.508 e. The molecule has 2 rings (SSSR count). The average molecular weight is 320 g/mol. The van der Waals surface area contributed by atoms with Crippen molar-refractivity contribution >= 4 is 13.9 Å². The van der Waals surface area contributed by atoms with Crippen molar-refractivity contribution in [2.45, 2.75) is 32.3 Å². The lowest BCUT2D eigenvalue weighted by molar-refractivity contribution is 0.408. The molecule has 118 valence electrons. The van der Waals surface area contributed by atoms with Crippen molar-refractivity contribution in [3.05, 3.63) is 53.3 Å². The van der Waals surface area contributed by atoms with Crippen LogP contribution in [0.3, 0.4) is 0 Å². The maximum absolute atomic E-state index is 14.2. The van der Waals surface area contributed by atoms with E-state index in [0.717, 1.165) is 17.5 Å². The molecule has 0 saturated heterocycles. The lowest BCUT2D eigenvalue weighted by atomic mass is 9.96. The zero-order valence-corrected chi connectivity index (χ0v) is 14.4. The van der Waals surface area contributed by atoms with Gasteiger partial charge >= 0.3 is 0 Å². The molecule has 0 heterocycles. The Morgan fingerprint density at radius 2 is 1.95 bits per heavy atom. The van der Waals surface area contributed by atoms with E-state index in [1.165, 1.54) is 0 Å². The Balaban J connectivity index is 2.44. The fourth-order valence-electron chi connectivity index (χ4n) is 2.45. The van der Waals surface area contributed by atoms with Gasteiger partial charge in [0.05, 0.1) is 7.11 Å². The van der Waals surface area contributed by atoms with E-state index < -0.39 is 0 Å². The third kappa shape index (κ3) is 3.41. The summed E-state index contributed by atoms with van der Waals surface area (Å²) < 4.78 is 19.5. The van der Waals surface area contributed by atoms with Gasteiger partial charge in [-0.2, -0.15) is 0 Å². The number of aromatic hydroxyl groups is 1. The van der Waals surface area contributed by atoms with E-state index in [0.29, 0.717) is 11.1 Å². The van der Waals surface area contributed by atoms with E-state index >= 15 is 0 Å². The van der Waals surface area contributed by atoms with E-state index in [9.17, 15) is 9.50 Å². The zero-order valence-electron chi connectivity index (χ0n) is 13.4. The van der Waals surface area contributed by atoms with Crippen LogP contribution < -0.4 is 10.0 Å². The van der Waals surface area contributed by atoms with Crippen LogP contribution in [0.25, 0.3) is 0 Å². The molecule has 4 heteroatoms. The van der Waals surface area contributed by atoms with Crippen LogP contribution in [0.4, 0.5) is 4.39 Å². The normalized spacial score (nSPS) is 14.2. The molecule has 2 nitrogen and oxygen atoms in total. The quantitative estimate of drug-likeness (QED) is 0.823. The molecule has 22 heavy (non-hydrogen) atoms. The molecular formula is C18H22FO2P. The molecule has 2 atom stereocenters. The molecule has 0 aliphatic heterocycles. The third-order valence-corrected chi connectivity index (χ3v) is 5.89. The zero-order chi connectivity index (χ0) is 16.3. The summed E-state index contributed by atoms with van der Waals surface area (Å²) in [6.07, 6.45) is 0.791. The smallest absolute Gasteiger partial charge is 0.130 e. The minimum absolute atomic E-state index is 0.180. The Bertz CT molecular complexity index is 672. The van der Waals surface area contributed by atoms with Gasteiger partial charge in [0.15, 0.2) is 0 Å². The second-order valence-electron chi connectivity index (χ2n) is 5.68. The van der Waals surface area contributed by atoms with E-state index in [1.807, 2.05) is 25.1 Å². The summed E-state index contributed by atoms with van der Waals surface area (Å²) in [6, 6.07) is 10.5. The molecule has 0 aliphatic carbocycles. The van der Waals surface area contributed by atoms with Gasteiger partial charge < -0.3 is 9.84 Å². The van der Waals surface area contributed by atoms with Gasteiger partial charge in [-0.1, -0.05) is 34.6 Å². The van der Waals surface area contributed by atoms with Crippen LogP contribution >= 0.6 is 8.58 Å². The number of methoxy groups -OCH3 is 1. The van der Waals surface area contributed by atoms with Gasteiger partial charge in [-0.3, -0.25) is 0 Å². The molecule has 0 aromatic heterocycles. The van der Waals surface area contributed by atoms with Crippen molar-refractivity contribution in [2.75, 3.05) is 7.11 Å². The van der Waals surface area contributed by atoms with Crippen molar-refractivity contribution in [1.29, 1.82) is 0 Å². The number of halogens is 1. The van der Waals surface area contributed by atoms with Crippen LogP contribution in [0.5, 0.6) is 11.5 Å². The van der Waals surface area contributed by atoms with Crippen molar-refractivity contribution < 1.29 is 14.2 Å². The molecule has 0 aliphatic rings. The number of benzene rings is 2. The Morgan fingerprint density at radius 3 is 2.55 bits per heavy atom. The van der Waals surface area contributed by atoms with Crippen LogP contribution in [-0.2, 0) is 5.16 Å². The molecule has 0 spiro atoms. The van der Waals surface area contributed by atoms with Gasteiger partial charge in [0.1, 0.15) is 17.3 Å². The van der Waals surface area contributed by atoms with Crippen molar-refractivity contribution in [1.82, 2.24) is 0 Å². The lowest BCUT2D eigenvalue weighted by Gasteiger charge is -2.30. The van der Waals surface area contributed by atoms with Crippen LogP contribution in [0.15, 0.2) is 36.4 Å². The van der Waals surface area contributed by atoms with Crippen molar-refractivity contribution in [2.24, 2.45) is 0 Å².